The van der Waals surface area contributed by atoms with E-state index < -0.39 is 5.97 Å². The summed E-state index contributed by atoms with van der Waals surface area (Å²) in [5.41, 5.74) is 0. The van der Waals surface area contributed by atoms with E-state index in [4.69, 9.17) is 5.11 Å². The first-order valence-electron chi connectivity index (χ1n) is 4.85. The number of rotatable bonds is 2. The second kappa shape index (κ2) is 3.92. The molecule has 12 heavy (non-hydrogen) atoms. The fourth-order valence-corrected chi connectivity index (χ4v) is 2.26. The van der Waals surface area contributed by atoms with Gasteiger partial charge >= 0.3 is 5.97 Å². The zero-order valence-electron chi connectivity index (χ0n) is 7.92. The molecule has 1 unspecified atom stereocenters. The third-order valence-corrected chi connectivity index (χ3v) is 2.99. The molecule has 0 aromatic carbocycles. The second-order valence-electron chi connectivity index (χ2n) is 4.14. The second-order valence-corrected chi connectivity index (χ2v) is 4.14. The molecule has 0 saturated heterocycles. The minimum absolute atomic E-state index is 0.0706. The molecule has 2 atom stereocenters. The van der Waals surface area contributed by atoms with Crippen molar-refractivity contribution in [3.8, 4) is 0 Å². The van der Waals surface area contributed by atoms with Gasteiger partial charge in [0.05, 0.1) is 5.92 Å². The molecule has 2 heteroatoms. The van der Waals surface area contributed by atoms with E-state index in [1.807, 2.05) is 0 Å². The van der Waals surface area contributed by atoms with Crippen LogP contribution in [0.1, 0.15) is 39.5 Å². The topological polar surface area (TPSA) is 37.3 Å². The minimum atomic E-state index is -0.589. The van der Waals surface area contributed by atoms with Gasteiger partial charge in [0, 0.05) is 0 Å². The lowest BCUT2D eigenvalue weighted by Gasteiger charge is -2.31. The quantitative estimate of drug-likeness (QED) is 0.691. The van der Waals surface area contributed by atoms with Crippen molar-refractivity contribution in [1.29, 1.82) is 0 Å². The summed E-state index contributed by atoms with van der Waals surface area (Å²) in [5, 5.41) is 8.96. The molecule has 0 spiro atoms. The fourth-order valence-electron chi connectivity index (χ4n) is 2.26. The predicted octanol–water partition coefficient (Wildman–Crippen LogP) is 2.53. The molecule has 1 aliphatic carbocycles. The highest BCUT2D eigenvalue weighted by Gasteiger charge is 2.32. The summed E-state index contributed by atoms with van der Waals surface area (Å²) in [6.45, 7) is 4.26. The maximum absolute atomic E-state index is 10.9. The van der Waals surface area contributed by atoms with Gasteiger partial charge in [-0.25, -0.2) is 0 Å². The summed E-state index contributed by atoms with van der Waals surface area (Å²) >= 11 is 0. The first kappa shape index (κ1) is 9.56. The Labute approximate surface area is 74.0 Å². The number of carboxylic acids is 1. The summed E-state index contributed by atoms with van der Waals surface area (Å²) in [6, 6.07) is 0. The highest BCUT2D eigenvalue weighted by Crippen LogP contribution is 2.34. The summed E-state index contributed by atoms with van der Waals surface area (Å²) in [5.74, 6) is 0.273. The number of carboxylic acid groups (broad SMARTS) is 1. The van der Waals surface area contributed by atoms with Crippen molar-refractivity contribution in [2.45, 2.75) is 39.5 Å². The van der Waals surface area contributed by atoms with E-state index in [2.05, 4.69) is 13.8 Å². The smallest absolute Gasteiger partial charge is 0.306 e. The molecule has 1 N–H and O–H groups in total. The lowest BCUT2D eigenvalue weighted by atomic mass is 9.73. The van der Waals surface area contributed by atoms with E-state index >= 15 is 0 Å². The zero-order chi connectivity index (χ0) is 9.14. The first-order valence-corrected chi connectivity index (χ1v) is 4.85. The predicted molar refractivity (Wildman–Crippen MR) is 47.9 cm³/mol. The number of aliphatic carboxylic acids is 1. The van der Waals surface area contributed by atoms with E-state index in [9.17, 15) is 4.79 Å². The van der Waals surface area contributed by atoms with Crippen LogP contribution in [0.2, 0.25) is 0 Å². The Morgan fingerprint density at radius 3 is 2.33 bits per heavy atom. The third kappa shape index (κ3) is 1.99. The molecule has 0 aromatic rings. The van der Waals surface area contributed by atoms with E-state index in [0.717, 1.165) is 19.3 Å². The van der Waals surface area contributed by atoms with Crippen LogP contribution in [0.25, 0.3) is 0 Å². The molecule has 0 aliphatic heterocycles. The fraction of sp³-hybridized carbons (Fsp3) is 0.900. The van der Waals surface area contributed by atoms with Crippen LogP contribution in [-0.4, -0.2) is 11.1 Å². The Hall–Kier alpha value is -0.530. The monoisotopic (exact) mass is 170 g/mol. The molecule has 0 amide bonds. The van der Waals surface area contributed by atoms with Gasteiger partial charge in [0.15, 0.2) is 0 Å². The van der Waals surface area contributed by atoms with Gasteiger partial charge in [-0.15, -0.1) is 0 Å². The summed E-state index contributed by atoms with van der Waals surface area (Å²) < 4.78 is 0. The first-order chi connectivity index (χ1) is 5.63. The average molecular weight is 170 g/mol. The number of carbonyl (C=O) groups is 1. The molecule has 0 aromatic heterocycles. The maximum atomic E-state index is 10.9. The van der Waals surface area contributed by atoms with Gasteiger partial charge in [0.2, 0.25) is 0 Å². The van der Waals surface area contributed by atoms with E-state index in [1.54, 1.807) is 0 Å². The van der Waals surface area contributed by atoms with Crippen LogP contribution in [0.5, 0.6) is 0 Å². The molecule has 0 heterocycles. The van der Waals surface area contributed by atoms with E-state index in [-0.39, 0.29) is 5.92 Å². The van der Waals surface area contributed by atoms with Crippen molar-refractivity contribution >= 4 is 5.97 Å². The number of hydrogen-bond donors (Lipinski definition) is 1. The van der Waals surface area contributed by atoms with Crippen molar-refractivity contribution < 1.29 is 9.90 Å². The lowest BCUT2D eigenvalue weighted by Crippen LogP contribution is -2.30. The Morgan fingerprint density at radius 2 is 1.92 bits per heavy atom. The summed E-state index contributed by atoms with van der Waals surface area (Å²) in [7, 11) is 0. The van der Waals surface area contributed by atoms with Gasteiger partial charge in [-0.1, -0.05) is 26.7 Å². The normalized spacial score (nSPS) is 30.6. The average Bonchev–Trinajstić information content (AvgIpc) is 2.04. The van der Waals surface area contributed by atoms with Crippen molar-refractivity contribution in [2.24, 2.45) is 17.8 Å². The Balaban J connectivity index is 2.60. The van der Waals surface area contributed by atoms with Crippen molar-refractivity contribution in [3.05, 3.63) is 0 Å². The zero-order valence-corrected chi connectivity index (χ0v) is 7.92. The van der Waals surface area contributed by atoms with Crippen LogP contribution in [0.3, 0.4) is 0 Å². The Morgan fingerprint density at radius 1 is 1.33 bits per heavy atom. The Kier molecular flexibility index (Phi) is 3.12. The van der Waals surface area contributed by atoms with Crippen LogP contribution in [0.4, 0.5) is 0 Å². The molecular weight excluding hydrogens is 152 g/mol. The van der Waals surface area contributed by atoms with Gasteiger partial charge in [-0.2, -0.15) is 0 Å². The minimum Gasteiger partial charge on any atom is -0.481 e. The van der Waals surface area contributed by atoms with E-state index in [1.165, 1.54) is 6.42 Å². The standard InChI is InChI=1S/C10H18O2/c1-7(2)8-5-3-4-6-9(8)10(11)12/h7-9H,3-6H2,1-2H3,(H,11,12)/t8-,9?/m1/s1. The molecule has 1 saturated carbocycles. The van der Waals surface area contributed by atoms with Crippen molar-refractivity contribution in [2.75, 3.05) is 0 Å². The molecule has 70 valence electrons. The maximum Gasteiger partial charge on any atom is 0.306 e. The van der Waals surface area contributed by atoms with Crippen molar-refractivity contribution in [1.82, 2.24) is 0 Å². The van der Waals surface area contributed by atoms with Crippen LogP contribution >= 0.6 is 0 Å². The van der Waals surface area contributed by atoms with Crippen molar-refractivity contribution in [3.63, 3.8) is 0 Å². The van der Waals surface area contributed by atoms with Gasteiger partial charge in [-0.05, 0) is 24.7 Å². The molecule has 2 nitrogen and oxygen atoms in total. The largest absolute Gasteiger partial charge is 0.481 e. The van der Waals surface area contributed by atoms with Gasteiger partial charge in [0.1, 0.15) is 0 Å². The Bertz CT molecular complexity index is 163. The summed E-state index contributed by atoms with van der Waals surface area (Å²) in [6.07, 6.45) is 4.31. The molecule has 1 aliphatic rings. The van der Waals surface area contributed by atoms with Crippen LogP contribution in [-0.2, 0) is 4.79 Å². The van der Waals surface area contributed by atoms with Crippen LogP contribution < -0.4 is 0 Å². The van der Waals surface area contributed by atoms with Crippen LogP contribution in [0, 0.1) is 17.8 Å². The lowest BCUT2D eigenvalue weighted by molar-refractivity contribution is -0.145. The molecule has 1 fully saturated rings. The van der Waals surface area contributed by atoms with Gasteiger partial charge in [0.25, 0.3) is 0 Å². The highest BCUT2D eigenvalue weighted by molar-refractivity contribution is 5.70. The van der Waals surface area contributed by atoms with Gasteiger partial charge < -0.3 is 5.11 Å². The number of hydrogen-bond acceptors (Lipinski definition) is 1. The molecule has 1 rings (SSSR count). The SMILES string of the molecule is CC(C)[C@H]1CCCCC1C(=O)O. The highest BCUT2D eigenvalue weighted by atomic mass is 16.4. The van der Waals surface area contributed by atoms with Crippen LogP contribution in [0.15, 0.2) is 0 Å². The molecular formula is C10H18O2. The molecule has 0 bridgehead atoms. The summed E-state index contributed by atoms with van der Waals surface area (Å²) in [4.78, 5) is 10.9. The van der Waals surface area contributed by atoms with E-state index in [0.29, 0.717) is 11.8 Å². The van der Waals surface area contributed by atoms with Gasteiger partial charge in [-0.3, -0.25) is 4.79 Å². The molecule has 0 radical (unpaired) electrons. The third-order valence-electron chi connectivity index (χ3n) is 2.99.